The molecule has 0 amide bonds. The fourth-order valence-corrected chi connectivity index (χ4v) is 6.72. The van der Waals surface area contributed by atoms with Crippen LogP contribution in [-0.2, 0) is 0 Å². The monoisotopic (exact) mass is 614 g/mol. The fourth-order valence-electron chi connectivity index (χ4n) is 6.32. The summed E-state index contributed by atoms with van der Waals surface area (Å²) in [7, 11) is 4.09. The number of halogens is 4. The Morgan fingerprint density at radius 3 is 1.23 bits per heavy atom. The van der Waals surface area contributed by atoms with Gasteiger partial charge in [-0.2, -0.15) is 0 Å². The second kappa shape index (κ2) is 15.3. The molecule has 0 unspecified atom stereocenters. The molecule has 2 nitrogen and oxygen atoms in total. The molecule has 0 aliphatic heterocycles. The molecule has 2 aliphatic carbocycles. The minimum atomic E-state index is 0. The standard InChI is InChI=1S/2C17H18ClN.2ClH/c2*1-19-17-10-9-14(12-5-4-6-13(18)11-12)15-7-2-3-8-16(15)17;;/h2*2-8,11,14,17,19H,9-10H2,1H3;2*1H/t2*14-,17-;;/m10../s1. The molecule has 4 aromatic carbocycles. The van der Waals surface area contributed by atoms with Crippen molar-refractivity contribution in [3.63, 3.8) is 0 Å². The Morgan fingerprint density at radius 2 is 0.875 bits per heavy atom. The summed E-state index contributed by atoms with van der Waals surface area (Å²) in [4.78, 5) is 0. The lowest BCUT2D eigenvalue weighted by Gasteiger charge is -2.31. The van der Waals surface area contributed by atoms with Gasteiger partial charge in [0.05, 0.1) is 0 Å². The number of rotatable bonds is 4. The lowest BCUT2D eigenvalue weighted by molar-refractivity contribution is 0.471. The van der Waals surface area contributed by atoms with E-state index in [9.17, 15) is 0 Å². The van der Waals surface area contributed by atoms with Crippen LogP contribution in [0.4, 0.5) is 0 Å². The van der Waals surface area contributed by atoms with Gasteiger partial charge < -0.3 is 10.6 Å². The SMILES string of the molecule is CN[C@@H]1CC[C@H](c2cccc(Cl)c2)c2ccccc21.CN[C@H]1CC[C@@H](c2cccc(Cl)c2)c2ccccc21.Cl.Cl. The smallest absolute Gasteiger partial charge is 0.0408 e. The molecule has 40 heavy (non-hydrogen) atoms. The molecule has 0 radical (unpaired) electrons. The lowest BCUT2D eigenvalue weighted by Crippen LogP contribution is -2.24. The first-order valence-corrected chi connectivity index (χ1v) is 14.4. The zero-order valence-corrected chi connectivity index (χ0v) is 26.1. The summed E-state index contributed by atoms with van der Waals surface area (Å²) >= 11 is 12.3. The van der Waals surface area contributed by atoms with E-state index in [-0.39, 0.29) is 24.8 Å². The maximum Gasteiger partial charge on any atom is 0.0408 e. The first kappa shape index (κ1) is 32.5. The van der Waals surface area contributed by atoms with Crippen LogP contribution in [-0.4, -0.2) is 14.1 Å². The summed E-state index contributed by atoms with van der Waals surface area (Å²) in [5, 5.41) is 8.48. The van der Waals surface area contributed by atoms with E-state index in [2.05, 4.69) is 83.4 Å². The zero-order chi connectivity index (χ0) is 26.5. The van der Waals surface area contributed by atoms with Gasteiger partial charge in [-0.15, -0.1) is 24.8 Å². The third-order valence-corrected chi connectivity index (χ3v) is 8.65. The van der Waals surface area contributed by atoms with Crippen molar-refractivity contribution in [2.75, 3.05) is 14.1 Å². The van der Waals surface area contributed by atoms with Crippen molar-refractivity contribution >= 4 is 48.0 Å². The average Bonchev–Trinajstić information content (AvgIpc) is 2.96. The molecule has 2 aliphatic rings. The van der Waals surface area contributed by atoms with E-state index >= 15 is 0 Å². The van der Waals surface area contributed by atoms with Gasteiger partial charge in [-0.05, 0) is 97.4 Å². The van der Waals surface area contributed by atoms with E-state index in [1.54, 1.807) is 0 Å². The second-order valence-electron chi connectivity index (χ2n) is 10.3. The van der Waals surface area contributed by atoms with Gasteiger partial charge in [0.15, 0.2) is 0 Å². The van der Waals surface area contributed by atoms with Crippen LogP contribution in [0.15, 0.2) is 97.1 Å². The Bertz CT molecular complexity index is 1270. The van der Waals surface area contributed by atoms with Crippen LogP contribution in [0.1, 0.15) is 83.0 Å². The molecule has 212 valence electrons. The van der Waals surface area contributed by atoms with E-state index in [1.807, 2.05) is 38.4 Å². The van der Waals surface area contributed by atoms with Crippen LogP contribution in [0.5, 0.6) is 0 Å². The quantitative estimate of drug-likeness (QED) is 0.239. The Kier molecular flexibility index (Phi) is 12.4. The van der Waals surface area contributed by atoms with Crippen LogP contribution in [0.3, 0.4) is 0 Å². The van der Waals surface area contributed by atoms with E-state index in [0.717, 1.165) is 10.0 Å². The highest BCUT2D eigenvalue weighted by Crippen LogP contribution is 2.42. The molecule has 6 heteroatoms. The number of benzene rings is 4. The predicted molar refractivity (Wildman–Crippen MR) is 176 cm³/mol. The van der Waals surface area contributed by atoms with Crippen molar-refractivity contribution in [2.24, 2.45) is 0 Å². The molecule has 0 saturated heterocycles. The third-order valence-electron chi connectivity index (χ3n) is 8.18. The highest BCUT2D eigenvalue weighted by molar-refractivity contribution is 6.30. The van der Waals surface area contributed by atoms with Gasteiger partial charge in [-0.3, -0.25) is 0 Å². The molecule has 4 aromatic rings. The van der Waals surface area contributed by atoms with Crippen molar-refractivity contribution in [2.45, 2.75) is 49.6 Å². The van der Waals surface area contributed by atoms with Crippen molar-refractivity contribution in [1.82, 2.24) is 10.6 Å². The second-order valence-corrected chi connectivity index (χ2v) is 11.2. The first-order valence-electron chi connectivity index (χ1n) is 13.6. The first-order chi connectivity index (χ1) is 18.6. The van der Waals surface area contributed by atoms with E-state index in [4.69, 9.17) is 23.2 Å². The van der Waals surface area contributed by atoms with E-state index < -0.39 is 0 Å². The van der Waals surface area contributed by atoms with Crippen LogP contribution in [0.2, 0.25) is 10.0 Å². The Balaban J connectivity index is 0.000000210. The molecule has 0 spiro atoms. The molecule has 0 saturated carbocycles. The minimum Gasteiger partial charge on any atom is -0.313 e. The van der Waals surface area contributed by atoms with Crippen molar-refractivity contribution < 1.29 is 0 Å². The number of nitrogens with one attached hydrogen (secondary N) is 2. The minimum absolute atomic E-state index is 0. The van der Waals surface area contributed by atoms with Gasteiger partial charge in [0, 0.05) is 34.0 Å². The summed E-state index contributed by atoms with van der Waals surface area (Å²) in [5.74, 6) is 0.944. The Labute approximate surface area is 261 Å². The topological polar surface area (TPSA) is 24.1 Å². The van der Waals surface area contributed by atoms with Crippen molar-refractivity contribution in [3.05, 3.63) is 140 Å². The number of hydrogen-bond donors (Lipinski definition) is 2. The fraction of sp³-hybridized carbons (Fsp3) is 0.294. The van der Waals surface area contributed by atoms with Crippen LogP contribution in [0.25, 0.3) is 0 Å². The summed E-state index contributed by atoms with van der Waals surface area (Å²) in [5.41, 5.74) is 8.40. The highest BCUT2D eigenvalue weighted by atomic mass is 35.5. The lowest BCUT2D eigenvalue weighted by atomic mass is 9.77. The molecule has 0 heterocycles. The van der Waals surface area contributed by atoms with Gasteiger partial charge in [0.25, 0.3) is 0 Å². The maximum absolute atomic E-state index is 6.13. The molecule has 0 fully saturated rings. The molecular weight excluding hydrogens is 578 g/mol. The van der Waals surface area contributed by atoms with Gasteiger partial charge >= 0.3 is 0 Å². The summed E-state index contributed by atoms with van der Waals surface area (Å²) in [6.07, 6.45) is 4.68. The molecular formula is C34H38Cl4N2. The number of fused-ring (bicyclic) bond motifs is 2. The van der Waals surface area contributed by atoms with Gasteiger partial charge in [0.2, 0.25) is 0 Å². The molecule has 4 atom stereocenters. The van der Waals surface area contributed by atoms with Gasteiger partial charge in [-0.25, -0.2) is 0 Å². The van der Waals surface area contributed by atoms with Crippen molar-refractivity contribution in [3.8, 4) is 0 Å². The Hall–Kier alpha value is -2.04. The van der Waals surface area contributed by atoms with Crippen molar-refractivity contribution in [1.29, 1.82) is 0 Å². The zero-order valence-electron chi connectivity index (χ0n) is 22.9. The summed E-state index contributed by atoms with van der Waals surface area (Å²) < 4.78 is 0. The maximum atomic E-state index is 6.13. The van der Waals surface area contributed by atoms with Gasteiger partial charge in [0.1, 0.15) is 0 Å². The Morgan fingerprint density at radius 1 is 0.500 bits per heavy atom. The largest absolute Gasteiger partial charge is 0.313 e. The van der Waals surface area contributed by atoms with Crippen LogP contribution >= 0.6 is 48.0 Å². The van der Waals surface area contributed by atoms with E-state index in [0.29, 0.717) is 23.9 Å². The molecule has 0 bridgehead atoms. The normalized spacial score (nSPS) is 20.9. The van der Waals surface area contributed by atoms with Gasteiger partial charge in [-0.1, -0.05) is 96.0 Å². The third kappa shape index (κ3) is 7.23. The van der Waals surface area contributed by atoms with E-state index in [1.165, 1.54) is 59.1 Å². The summed E-state index contributed by atoms with van der Waals surface area (Å²) in [6, 6.07) is 35.0. The molecule has 2 N–H and O–H groups in total. The number of hydrogen-bond acceptors (Lipinski definition) is 2. The summed E-state index contributed by atoms with van der Waals surface area (Å²) in [6.45, 7) is 0. The highest BCUT2D eigenvalue weighted by Gasteiger charge is 2.28. The van der Waals surface area contributed by atoms with Crippen LogP contribution in [0, 0.1) is 0 Å². The average molecular weight is 617 g/mol. The molecule has 0 aromatic heterocycles. The predicted octanol–water partition coefficient (Wildman–Crippen LogP) is 9.90. The molecule has 6 rings (SSSR count). The van der Waals surface area contributed by atoms with Crippen LogP contribution < -0.4 is 10.6 Å².